The van der Waals surface area contributed by atoms with E-state index < -0.39 is 0 Å². The number of hydrogen-bond donors (Lipinski definition) is 0. The number of hydrogen-bond acceptors (Lipinski definition) is 4. The number of carbonyl (C=O) groups is 1. The van der Waals surface area contributed by atoms with Crippen molar-refractivity contribution in [3.8, 4) is 11.3 Å². The minimum absolute atomic E-state index is 0.00696. The first-order valence-corrected chi connectivity index (χ1v) is 10.3. The van der Waals surface area contributed by atoms with Crippen LogP contribution in [-0.2, 0) is 13.1 Å². The lowest BCUT2D eigenvalue weighted by atomic mass is 10.1. The van der Waals surface area contributed by atoms with E-state index >= 15 is 0 Å². The Hall–Kier alpha value is -3.41. The molecule has 0 N–H and O–H groups in total. The van der Waals surface area contributed by atoms with Gasteiger partial charge in [-0.15, -0.1) is 0 Å². The third kappa shape index (κ3) is 3.73. The number of rotatable bonds is 6. The van der Waals surface area contributed by atoms with E-state index in [2.05, 4.69) is 5.10 Å². The Labute approximate surface area is 176 Å². The molecule has 0 saturated heterocycles. The number of carbonyl (C=O) groups excluding carboxylic acids is 1. The zero-order valence-corrected chi connectivity index (χ0v) is 17.8. The van der Waals surface area contributed by atoms with Crippen LogP contribution in [0.2, 0.25) is 0 Å². The van der Waals surface area contributed by atoms with Gasteiger partial charge in [0.05, 0.1) is 29.4 Å². The number of aromatic nitrogens is 3. The predicted molar refractivity (Wildman–Crippen MR) is 117 cm³/mol. The maximum Gasteiger partial charge on any atom is 0.255 e. The van der Waals surface area contributed by atoms with Crippen LogP contribution in [0, 0.1) is 6.92 Å². The SMILES string of the molecule is CCn1ncc2c(C(=O)N(Cc3ccc(C)o3)C(C)C)cc(-c3ccccc3)nc21. The Morgan fingerprint density at radius 3 is 2.57 bits per heavy atom. The van der Waals surface area contributed by atoms with Crippen LogP contribution in [0.1, 0.15) is 42.6 Å². The van der Waals surface area contributed by atoms with Crippen LogP contribution in [0.4, 0.5) is 0 Å². The fourth-order valence-electron chi connectivity index (χ4n) is 3.59. The summed E-state index contributed by atoms with van der Waals surface area (Å²) in [6.45, 7) is 9.05. The Morgan fingerprint density at radius 1 is 1.17 bits per heavy atom. The first-order valence-electron chi connectivity index (χ1n) is 10.3. The molecule has 0 radical (unpaired) electrons. The van der Waals surface area contributed by atoms with Gasteiger partial charge < -0.3 is 9.32 Å². The Kier molecular flexibility index (Phi) is 5.40. The fourth-order valence-corrected chi connectivity index (χ4v) is 3.59. The van der Waals surface area contributed by atoms with Crippen molar-refractivity contribution < 1.29 is 9.21 Å². The van der Waals surface area contributed by atoms with E-state index in [0.717, 1.165) is 33.8 Å². The van der Waals surface area contributed by atoms with Crippen molar-refractivity contribution in [2.75, 3.05) is 0 Å². The molecule has 0 fully saturated rings. The third-order valence-corrected chi connectivity index (χ3v) is 5.22. The van der Waals surface area contributed by atoms with E-state index in [-0.39, 0.29) is 11.9 Å². The number of nitrogens with zero attached hydrogens (tertiary/aromatic N) is 4. The van der Waals surface area contributed by atoms with E-state index in [1.807, 2.05) is 85.8 Å². The van der Waals surface area contributed by atoms with Crippen LogP contribution >= 0.6 is 0 Å². The van der Waals surface area contributed by atoms with Gasteiger partial charge in [0.25, 0.3) is 5.91 Å². The quantitative estimate of drug-likeness (QED) is 0.452. The Morgan fingerprint density at radius 2 is 1.93 bits per heavy atom. The van der Waals surface area contributed by atoms with E-state index in [4.69, 9.17) is 9.40 Å². The summed E-state index contributed by atoms with van der Waals surface area (Å²) < 4.78 is 7.56. The number of aryl methyl sites for hydroxylation is 2. The normalized spacial score (nSPS) is 11.4. The van der Waals surface area contributed by atoms with Crippen molar-refractivity contribution in [2.24, 2.45) is 0 Å². The third-order valence-electron chi connectivity index (χ3n) is 5.22. The topological polar surface area (TPSA) is 64.2 Å². The first kappa shape index (κ1) is 19.9. The lowest BCUT2D eigenvalue weighted by molar-refractivity contribution is 0.0677. The largest absolute Gasteiger partial charge is 0.464 e. The van der Waals surface area contributed by atoms with Crippen LogP contribution in [0.3, 0.4) is 0 Å². The molecule has 1 amide bonds. The molecule has 0 atom stereocenters. The summed E-state index contributed by atoms with van der Waals surface area (Å²) in [6, 6.07) is 15.6. The monoisotopic (exact) mass is 402 g/mol. The van der Waals surface area contributed by atoms with Gasteiger partial charge in [-0.1, -0.05) is 30.3 Å². The molecule has 3 aromatic heterocycles. The molecule has 0 aliphatic rings. The first-order chi connectivity index (χ1) is 14.5. The average Bonchev–Trinajstić information content (AvgIpc) is 3.36. The van der Waals surface area contributed by atoms with Crippen molar-refractivity contribution in [1.82, 2.24) is 19.7 Å². The number of pyridine rings is 1. The van der Waals surface area contributed by atoms with Crippen LogP contribution in [0.15, 0.2) is 59.1 Å². The summed E-state index contributed by atoms with van der Waals surface area (Å²) in [4.78, 5) is 20.4. The highest BCUT2D eigenvalue weighted by molar-refractivity contribution is 6.06. The van der Waals surface area contributed by atoms with Crippen LogP contribution in [0.5, 0.6) is 0 Å². The smallest absolute Gasteiger partial charge is 0.255 e. The molecule has 4 rings (SSSR count). The van der Waals surface area contributed by atoms with Gasteiger partial charge in [0.2, 0.25) is 0 Å². The highest BCUT2D eigenvalue weighted by atomic mass is 16.3. The molecule has 0 aliphatic heterocycles. The highest BCUT2D eigenvalue weighted by Crippen LogP contribution is 2.27. The second-order valence-electron chi connectivity index (χ2n) is 7.66. The summed E-state index contributed by atoms with van der Waals surface area (Å²) in [6.07, 6.45) is 1.74. The zero-order chi connectivity index (χ0) is 21.3. The van der Waals surface area contributed by atoms with Crippen molar-refractivity contribution in [2.45, 2.75) is 46.8 Å². The van der Waals surface area contributed by atoms with Gasteiger partial charge in [0, 0.05) is 18.2 Å². The molecule has 4 aromatic rings. The molecule has 3 heterocycles. The maximum absolute atomic E-state index is 13.7. The van der Waals surface area contributed by atoms with Gasteiger partial charge in [0.15, 0.2) is 5.65 Å². The number of amides is 1. The molecule has 0 saturated carbocycles. The van der Waals surface area contributed by atoms with Crippen molar-refractivity contribution in [3.05, 3.63) is 71.8 Å². The van der Waals surface area contributed by atoms with Crippen molar-refractivity contribution in [1.29, 1.82) is 0 Å². The van der Waals surface area contributed by atoms with Gasteiger partial charge in [-0.2, -0.15) is 5.10 Å². The van der Waals surface area contributed by atoms with Gasteiger partial charge in [0.1, 0.15) is 11.5 Å². The number of furan rings is 1. The Balaban J connectivity index is 1.83. The van der Waals surface area contributed by atoms with Crippen LogP contribution in [0.25, 0.3) is 22.3 Å². The second-order valence-corrected chi connectivity index (χ2v) is 7.66. The number of fused-ring (bicyclic) bond motifs is 1. The van der Waals surface area contributed by atoms with E-state index in [9.17, 15) is 4.79 Å². The van der Waals surface area contributed by atoms with Crippen molar-refractivity contribution in [3.63, 3.8) is 0 Å². The minimum Gasteiger partial charge on any atom is -0.464 e. The summed E-state index contributed by atoms with van der Waals surface area (Å²) in [5.41, 5.74) is 3.06. The molecule has 0 spiro atoms. The molecule has 6 heteroatoms. The molecular weight excluding hydrogens is 376 g/mol. The summed E-state index contributed by atoms with van der Waals surface area (Å²) >= 11 is 0. The van der Waals surface area contributed by atoms with Crippen LogP contribution in [-0.4, -0.2) is 31.6 Å². The lowest BCUT2D eigenvalue weighted by Crippen LogP contribution is -2.36. The summed E-state index contributed by atoms with van der Waals surface area (Å²) in [5, 5.41) is 5.21. The van der Waals surface area contributed by atoms with Gasteiger partial charge in [-0.05, 0) is 45.9 Å². The molecule has 0 bridgehead atoms. The minimum atomic E-state index is -0.0562. The molecule has 154 valence electrons. The lowest BCUT2D eigenvalue weighted by Gasteiger charge is -2.26. The van der Waals surface area contributed by atoms with Crippen molar-refractivity contribution >= 4 is 16.9 Å². The van der Waals surface area contributed by atoms with Gasteiger partial charge in [-0.3, -0.25) is 4.79 Å². The predicted octanol–water partition coefficient (Wildman–Crippen LogP) is 5.07. The Bertz CT molecular complexity index is 1170. The fraction of sp³-hybridized carbons (Fsp3) is 0.292. The zero-order valence-electron chi connectivity index (χ0n) is 17.8. The average molecular weight is 402 g/mol. The molecule has 30 heavy (non-hydrogen) atoms. The van der Waals surface area contributed by atoms with Crippen LogP contribution < -0.4 is 0 Å². The van der Waals surface area contributed by atoms with Gasteiger partial charge >= 0.3 is 0 Å². The van der Waals surface area contributed by atoms with E-state index in [0.29, 0.717) is 18.7 Å². The highest BCUT2D eigenvalue weighted by Gasteiger charge is 2.24. The summed E-state index contributed by atoms with van der Waals surface area (Å²) in [5.74, 6) is 1.55. The maximum atomic E-state index is 13.7. The number of benzene rings is 1. The molecular formula is C24H26N4O2. The second kappa shape index (κ2) is 8.14. The van der Waals surface area contributed by atoms with E-state index in [1.54, 1.807) is 6.20 Å². The molecule has 0 aliphatic carbocycles. The van der Waals surface area contributed by atoms with E-state index in [1.165, 1.54) is 0 Å². The molecule has 0 unspecified atom stereocenters. The molecule has 6 nitrogen and oxygen atoms in total. The standard InChI is InChI=1S/C24H26N4O2/c1-5-28-23-21(14-25-28)20(13-22(26-23)18-9-7-6-8-10-18)24(29)27(16(2)3)15-19-12-11-17(4)30-19/h6-14,16H,5,15H2,1-4H3. The molecule has 1 aromatic carbocycles. The van der Waals surface area contributed by atoms with Gasteiger partial charge in [-0.25, -0.2) is 9.67 Å². The summed E-state index contributed by atoms with van der Waals surface area (Å²) in [7, 11) is 0.